The van der Waals surface area contributed by atoms with Crippen molar-refractivity contribution in [1.82, 2.24) is 14.9 Å². The molecule has 0 bridgehead atoms. The molecule has 1 unspecified atom stereocenters. The molecular weight excluding hydrogens is 494 g/mol. The van der Waals surface area contributed by atoms with Crippen LogP contribution in [0.15, 0.2) is 71.9 Å². The second-order valence-corrected chi connectivity index (χ2v) is 11.4. The number of aromatic nitrogens is 2. The molecule has 4 aromatic rings. The standard InChI is InChI=1S/C30H33N5O2S/c1-33-14-16-34(17-15-33)29-26-12-13-35(20-27(26)31-30(32-29)38(2)36)28-19-24(18-23-10-6-7-11-25(23)28)37-21-22-8-4-3-5-9-22/h3-11,18-19H,12-17,20-21H2,1-2H3. The molecule has 0 saturated carbocycles. The average molecular weight is 528 g/mol. The molecule has 0 aliphatic carbocycles. The normalized spacial score (nSPS) is 16.9. The molecule has 3 heterocycles. The summed E-state index contributed by atoms with van der Waals surface area (Å²) in [5, 5.41) is 2.76. The maximum atomic E-state index is 12.5. The molecule has 196 valence electrons. The maximum absolute atomic E-state index is 12.5. The van der Waals surface area contributed by atoms with E-state index in [-0.39, 0.29) is 0 Å². The van der Waals surface area contributed by atoms with Crippen LogP contribution in [0.3, 0.4) is 0 Å². The summed E-state index contributed by atoms with van der Waals surface area (Å²) in [4.78, 5) is 16.7. The number of hydrogen-bond acceptors (Lipinski definition) is 7. The Morgan fingerprint density at radius 1 is 0.895 bits per heavy atom. The van der Waals surface area contributed by atoms with Gasteiger partial charge in [-0.3, -0.25) is 0 Å². The first kappa shape index (κ1) is 25.0. The summed E-state index contributed by atoms with van der Waals surface area (Å²) < 4.78 is 18.8. The first-order chi connectivity index (χ1) is 18.5. The second-order valence-electron chi connectivity index (χ2n) is 10.1. The van der Waals surface area contributed by atoms with E-state index in [2.05, 4.69) is 70.3 Å². The van der Waals surface area contributed by atoms with Crippen molar-refractivity contribution < 1.29 is 9.29 Å². The largest absolute Gasteiger partial charge is 0.609 e. The van der Waals surface area contributed by atoms with Crippen LogP contribution in [0.5, 0.6) is 5.75 Å². The van der Waals surface area contributed by atoms with Crippen LogP contribution < -0.4 is 14.5 Å². The number of anilines is 2. The van der Waals surface area contributed by atoms with E-state index in [0.717, 1.165) is 73.0 Å². The molecule has 0 amide bonds. The van der Waals surface area contributed by atoms with Crippen molar-refractivity contribution in [3.05, 3.63) is 83.6 Å². The van der Waals surface area contributed by atoms with Crippen molar-refractivity contribution in [3.63, 3.8) is 0 Å². The summed E-state index contributed by atoms with van der Waals surface area (Å²) in [7, 11) is 2.15. The first-order valence-corrected chi connectivity index (χ1v) is 14.7. The molecule has 1 aromatic heterocycles. The van der Waals surface area contributed by atoms with Crippen LogP contribution >= 0.6 is 0 Å². The fourth-order valence-corrected chi connectivity index (χ4v) is 5.81. The van der Waals surface area contributed by atoms with Crippen LogP contribution in [0.1, 0.15) is 16.8 Å². The Morgan fingerprint density at radius 2 is 1.66 bits per heavy atom. The summed E-state index contributed by atoms with van der Waals surface area (Å²) in [6.45, 7) is 5.87. The molecule has 2 aliphatic heterocycles. The molecular formula is C30H33N5O2S. The first-order valence-electron chi connectivity index (χ1n) is 13.2. The van der Waals surface area contributed by atoms with E-state index >= 15 is 0 Å². The predicted molar refractivity (Wildman–Crippen MR) is 154 cm³/mol. The quantitative estimate of drug-likeness (QED) is 0.274. The fourth-order valence-electron chi connectivity index (χ4n) is 5.35. The van der Waals surface area contributed by atoms with Crippen molar-refractivity contribution in [2.75, 3.05) is 55.8 Å². The molecule has 1 saturated heterocycles. The van der Waals surface area contributed by atoms with Gasteiger partial charge in [-0.2, -0.15) is 9.97 Å². The lowest BCUT2D eigenvalue weighted by molar-refractivity contribution is 0.306. The zero-order valence-corrected chi connectivity index (χ0v) is 22.8. The highest BCUT2D eigenvalue weighted by molar-refractivity contribution is 7.90. The van der Waals surface area contributed by atoms with Crippen molar-refractivity contribution in [2.45, 2.75) is 24.7 Å². The van der Waals surface area contributed by atoms with Crippen molar-refractivity contribution in [2.24, 2.45) is 0 Å². The van der Waals surface area contributed by atoms with Gasteiger partial charge in [-0.15, -0.1) is 0 Å². The smallest absolute Gasteiger partial charge is 0.344 e. The summed E-state index contributed by atoms with van der Waals surface area (Å²) in [5.41, 5.74) is 4.45. The topological polar surface area (TPSA) is 67.8 Å². The molecule has 3 aromatic carbocycles. The van der Waals surface area contributed by atoms with Gasteiger partial charge in [0.2, 0.25) is 0 Å². The Balaban J connectivity index is 1.34. The van der Waals surface area contributed by atoms with E-state index in [1.54, 1.807) is 6.26 Å². The number of rotatable bonds is 6. The molecule has 1 fully saturated rings. The highest BCUT2D eigenvalue weighted by Gasteiger charge is 2.29. The molecule has 8 heteroatoms. The zero-order chi connectivity index (χ0) is 26.1. The fraction of sp³-hybridized carbons (Fsp3) is 0.333. The molecule has 6 rings (SSSR count). The predicted octanol–water partition coefficient (Wildman–Crippen LogP) is 4.26. The number of nitrogens with zero attached hydrogens (tertiary/aromatic N) is 5. The average Bonchev–Trinajstić information content (AvgIpc) is 2.95. The third-order valence-electron chi connectivity index (χ3n) is 7.49. The van der Waals surface area contributed by atoms with Crippen LogP contribution in [0, 0.1) is 0 Å². The van der Waals surface area contributed by atoms with Crippen molar-refractivity contribution in [1.29, 1.82) is 0 Å². The minimum Gasteiger partial charge on any atom is -0.609 e. The van der Waals surface area contributed by atoms with Gasteiger partial charge in [0.05, 0.1) is 12.2 Å². The highest BCUT2D eigenvalue weighted by atomic mass is 32.2. The van der Waals surface area contributed by atoms with Gasteiger partial charge in [-0.1, -0.05) is 54.6 Å². The van der Waals surface area contributed by atoms with Gasteiger partial charge in [-0.25, -0.2) is 0 Å². The van der Waals surface area contributed by atoms with Gasteiger partial charge in [0.25, 0.3) is 0 Å². The molecule has 0 N–H and O–H groups in total. The third-order valence-corrected chi connectivity index (χ3v) is 8.18. The Morgan fingerprint density at radius 3 is 2.45 bits per heavy atom. The number of benzene rings is 3. The van der Waals surface area contributed by atoms with Crippen LogP contribution in [0.4, 0.5) is 11.5 Å². The minimum absolute atomic E-state index is 0.421. The molecule has 2 aliphatic rings. The van der Waals surface area contributed by atoms with E-state index < -0.39 is 11.2 Å². The van der Waals surface area contributed by atoms with Gasteiger partial charge in [0.15, 0.2) is 0 Å². The Bertz CT molecular complexity index is 1420. The zero-order valence-electron chi connectivity index (χ0n) is 22.0. The summed E-state index contributed by atoms with van der Waals surface area (Å²) >= 11 is -1.25. The van der Waals surface area contributed by atoms with E-state index in [1.807, 2.05) is 18.2 Å². The lowest BCUT2D eigenvalue weighted by Gasteiger charge is -2.37. The summed E-state index contributed by atoms with van der Waals surface area (Å²) in [6, 6.07) is 23.0. The van der Waals surface area contributed by atoms with E-state index in [1.165, 1.54) is 10.9 Å². The van der Waals surface area contributed by atoms with Crippen molar-refractivity contribution >= 4 is 33.5 Å². The Kier molecular flexibility index (Phi) is 7.10. The van der Waals surface area contributed by atoms with Gasteiger partial charge in [0, 0.05) is 66.6 Å². The number of fused-ring (bicyclic) bond motifs is 2. The minimum atomic E-state index is -1.25. The van der Waals surface area contributed by atoms with Crippen LogP contribution in [0.2, 0.25) is 0 Å². The lowest BCUT2D eigenvalue weighted by atomic mass is 10.0. The second kappa shape index (κ2) is 10.8. The number of ether oxygens (including phenoxy) is 1. The van der Waals surface area contributed by atoms with Gasteiger partial charge in [-0.05, 0) is 30.5 Å². The van der Waals surface area contributed by atoms with Crippen molar-refractivity contribution in [3.8, 4) is 5.75 Å². The van der Waals surface area contributed by atoms with Crippen LogP contribution in [-0.2, 0) is 30.7 Å². The Hall–Kier alpha value is -3.33. The summed E-state index contributed by atoms with van der Waals surface area (Å²) in [5.74, 6) is 1.82. The molecule has 0 radical (unpaired) electrons. The Labute approximate surface area is 227 Å². The van der Waals surface area contributed by atoms with E-state index in [9.17, 15) is 4.55 Å². The maximum Gasteiger partial charge on any atom is 0.344 e. The van der Waals surface area contributed by atoms with E-state index in [0.29, 0.717) is 18.3 Å². The number of likely N-dealkylation sites (N-methyl/N-ethyl adjacent to an activating group) is 1. The summed E-state index contributed by atoms with van der Waals surface area (Å²) in [6.07, 6.45) is 2.51. The molecule has 38 heavy (non-hydrogen) atoms. The van der Waals surface area contributed by atoms with Crippen LogP contribution in [0.25, 0.3) is 10.8 Å². The van der Waals surface area contributed by atoms with Gasteiger partial charge < -0.3 is 24.0 Å². The lowest BCUT2D eigenvalue weighted by Crippen LogP contribution is -2.46. The van der Waals surface area contributed by atoms with Gasteiger partial charge >= 0.3 is 5.16 Å². The molecule has 1 atom stereocenters. The third kappa shape index (κ3) is 5.16. The van der Waals surface area contributed by atoms with Gasteiger partial charge in [0.1, 0.15) is 24.4 Å². The number of piperazine rings is 1. The monoisotopic (exact) mass is 527 g/mol. The SMILES string of the molecule is CN1CCN(c2nc([S+](C)[O-])nc3c2CCN(c2cc(OCc4ccccc4)cc4ccccc24)C3)CC1. The molecule has 7 nitrogen and oxygen atoms in total. The number of hydrogen-bond donors (Lipinski definition) is 0. The molecule has 0 spiro atoms. The van der Waals surface area contributed by atoms with E-state index in [4.69, 9.17) is 14.7 Å². The van der Waals surface area contributed by atoms with Crippen LogP contribution in [-0.4, -0.2) is 65.4 Å². The highest BCUT2D eigenvalue weighted by Crippen LogP contribution is 2.36.